The molecule has 4 nitrogen and oxygen atoms in total. The third kappa shape index (κ3) is 2.58. The molecule has 5 heteroatoms. The number of Topliss-reactive ketones (excluding diaryl/α,β-unsaturated/α-hetero) is 1. The van der Waals surface area contributed by atoms with Crippen molar-refractivity contribution in [3.63, 3.8) is 0 Å². The molecule has 1 aromatic rings. The van der Waals surface area contributed by atoms with Gasteiger partial charge in [0.15, 0.2) is 0 Å². The molecule has 0 aliphatic heterocycles. The van der Waals surface area contributed by atoms with Gasteiger partial charge in [-0.05, 0) is 38.0 Å². The molecule has 1 aromatic carbocycles. The molecule has 0 saturated heterocycles. The minimum Gasteiger partial charge on any atom is -0.506 e. The number of benzene rings is 1. The first-order valence-electron chi connectivity index (χ1n) is 5.10. The molecule has 0 bridgehead atoms. The molecule has 0 heterocycles. The van der Waals surface area contributed by atoms with E-state index >= 15 is 0 Å². The molecule has 0 spiro atoms. The maximum Gasteiger partial charge on any atom is 0.379 e. The van der Waals surface area contributed by atoms with E-state index in [1.807, 2.05) is 0 Å². The van der Waals surface area contributed by atoms with Crippen LogP contribution in [0.4, 0.5) is 0 Å². The Bertz CT molecular complexity index is 454. The van der Waals surface area contributed by atoms with Crippen LogP contribution in [-0.2, 0) is 9.53 Å². The molecule has 1 rings (SSSR count). The first-order valence-corrected chi connectivity index (χ1v) is 5.48. The summed E-state index contributed by atoms with van der Waals surface area (Å²) in [5, 5.41) is 9.77. The van der Waals surface area contributed by atoms with Crippen molar-refractivity contribution < 1.29 is 19.4 Å². The molecule has 0 fully saturated rings. The van der Waals surface area contributed by atoms with E-state index in [4.69, 9.17) is 11.6 Å². The summed E-state index contributed by atoms with van der Waals surface area (Å²) in [6.07, 6.45) is 0. The average Bonchev–Trinajstić information content (AvgIpc) is 2.27. The van der Waals surface area contributed by atoms with Gasteiger partial charge in [0.05, 0.1) is 17.2 Å². The SMILES string of the molecule is CCOC(=O)C(=O)c1c(C)c(C)cc(Cl)c1O. The van der Waals surface area contributed by atoms with Gasteiger partial charge in [-0.2, -0.15) is 0 Å². The van der Waals surface area contributed by atoms with Gasteiger partial charge in [0.1, 0.15) is 5.75 Å². The number of hydrogen-bond donors (Lipinski definition) is 1. The number of carbonyl (C=O) groups excluding carboxylic acids is 2. The largest absolute Gasteiger partial charge is 0.506 e. The number of halogens is 1. The van der Waals surface area contributed by atoms with Gasteiger partial charge in [-0.15, -0.1) is 0 Å². The number of ether oxygens (including phenoxy) is 1. The molecule has 0 radical (unpaired) electrons. The molecular formula is C12H13ClO4. The van der Waals surface area contributed by atoms with Gasteiger partial charge < -0.3 is 9.84 Å². The van der Waals surface area contributed by atoms with Gasteiger partial charge in [-0.3, -0.25) is 4.79 Å². The number of phenols is 1. The minimum atomic E-state index is -0.993. The maximum atomic E-state index is 11.8. The molecule has 0 aliphatic rings. The Balaban J connectivity index is 3.31. The lowest BCUT2D eigenvalue weighted by molar-refractivity contribution is -0.137. The quantitative estimate of drug-likeness (QED) is 0.512. The van der Waals surface area contributed by atoms with E-state index in [1.165, 1.54) is 6.07 Å². The van der Waals surface area contributed by atoms with Crippen LogP contribution in [0.5, 0.6) is 5.75 Å². The van der Waals surface area contributed by atoms with Crippen molar-refractivity contribution >= 4 is 23.4 Å². The smallest absolute Gasteiger partial charge is 0.379 e. The predicted octanol–water partition coefficient (Wildman–Crippen LogP) is 2.41. The number of aromatic hydroxyl groups is 1. The lowest BCUT2D eigenvalue weighted by Crippen LogP contribution is -2.19. The third-order valence-corrected chi connectivity index (χ3v) is 2.75. The Labute approximate surface area is 104 Å². The maximum absolute atomic E-state index is 11.8. The van der Waals surface area contributed by atoms with Crippen molar-refractivity contribution in [2.45, 2.75) is 20.8 Å². The van der Waals surface area contributed by atoms with E-state index in [1.54, 1.807) is 20.8 Å². The highest BCUT2D eigenvalue weighted by Gasteiger charge is 2.25. The Morgan fingerprint density at radius 3 is 2.53 bits per heavy atom. The lowest BCUT2D eigenvalue weighted by atomic mass is 9.99. The highest BCUT2D eigenvalue weighted by molar-refractivity contribution is 6.43. The fraction of sp³-hybridized carbons (Fsp3) is 0.333. The first-order chi connectivity index (χ1) is 7.90. The normalized spacial score (nSPS) is 10.1. The fourth-order valence-electron chi connectivity index (χ4n) is 1.44. The van der Waals surface area contributed by atoms with Crippen molar-refractivity contribution in [3.05, 3.63) is 27.8 Å². The number of rotatable bonds is 3. The summed E-state index contributed by atoms with van der Waals surface area (Å²) in [5.74, 6) is -2.26. The molecule has 0 unspecified atom stereocenters. The van der Waals surface area contributed by atoms with E-state index in [9.17, 15) is 14.7 Å². The van der Waals surface area contributed by atoms with E-state index in [0.717, 1.165) is 5.56 Å². The van der Waals surface area contributed by atoms with Crippen LogP contribution in [-0.4, -0.2) is 23.5 Å². The monoisotopic (exact) mass is 256 g/mol. The minimum absolute atomic E-state index is 0.0424. The zero-order chi connectivity index (χ0) is 13.2. The fourth-order valence-corrected chi connectivity index (χ4v) is 1.70. The zero-order valence-electron chi connectivity index (χ0n) is 9.83. The second-order valence-electron chi connectivity index (χ2n) is 3.57. The van der Waals surface area contributed by atoms with Crippen LogP contribution in [0, 0.1) is 13.8 Å². The van der Waals surface area contributed by atoms with E-state index in [0.29, 0.717) is 5.56 Å². The third-order valence-electron chi connectivity index (χ3n) is 2.46. The van der Waals surface area contributed by atoms with Crippen LogP contribution in [0.2, 0.25) is 5.02 Å². The molecule has 1 N–H and O–H groups in total. The molecule has 0 aromatic heterocycles. The number of esters is 1. The molecule has 0 saturated carbocycles. The van der Waals surface area contributed by atoms with Gasteiger partial charge in [-0.25, -0.2) is 4.79 Å². The number of aryl methyl sites for hydroxylation is 1. The number of carbonyl (C=O) groups is 2. The molecule has 92 valence electrons. The van der Waals surface area contributed by atoms with Crippen molar-refractivity contribution in [2.75, 3.05) is 6.61 Å². The molecule has 0 atom stereocenters. The van der Waals surface area contributed by atoms with Crippen molar-refractivity contribution in [1.29, 1.82) is 0 Å². The molecule has 0 aliphatic carbocycles. The zero-order valence-corrected chi connectivity index (χ0v) is 10.6. The standard InChI is InChI=1S/C12H13ClO4/c1-4-17-12(16)11(15)9-7(3)6(2)5-8(13)10(9)14/h5,14H,4H2,1-3H3. The van der Waals surface area contributed by atoms with Crippen LogP contribution in [0.1, 0.15) is 28.4 Å². The Hall–Kier alpha value is -1.55. The molecule has 0 amide bonds. The molecular weight excluding hydrogens is 244 g/mol. The highest BCUT2D eigenvalue weighted by atomic mass is 35.5. The summed E-state index contributed by atoms with van der Waals surface area (Å²) in [4.78, 5) is 23.1. The molecule has 17 heavy (non-hydrogen) atoms. The van der Waals surface area contributed by atoms with E-state index in [2.05, 4.69) is 4.74 Å². The van der Waals surface area contributed by atoms with Crippen molar-refractivity contribution in [3.8, 4) is 5.75 Å². The van der Waals surface area contributed by atoms with Crippen LogP contribution < -0.4 is 0 Å². The van der Waals surface area contributed by atoms with E-state index < -0.39 is 11.8 Å². The summed E-state index contributed by atoms with van der Waals surface area (Å²) in [6, 6.07) is 1.54. The second-order valence-corrected chi connectivity index (χ2v) is 3.98. The van der Waals surface area contributed by atoms with E-state index in [-0.39, 0.29) is 22.9 Å². The summed E-state index contributed by atoms with van der Waals surface area (Å²) < 4.78 is 4.61. The lowest BCUT2D eigenvalue weighted by Gasteiger charge is -2.11. The Morgan fingerprint density at radius 2 is 2.00 bits per heavy atom. The topological polar surface area (TPSA) is 63.6 Å². The Morgan fingerprint density at radius 1 is 1.41 bits per heavy atom. The van der Waals surface area contributed by atoms with Crippen molar-refractivity contribution in [1.82, 2.24) is 0 Å². The summed E-state index contributed by atoms with van der Waals surface area (Å²) >= 11 is 5.76. The summed E-state index contributed by atoms with van der Waals surface area (Å²) in [6.45, 7) is 5.07. The first kappa shape index (κ1) is 13.5. The van der Waals surface area contributed by atoms with Crippen molar-refractivity contribution in [2.24, 2.45) is 0 Å². The predicted molar refractivity (Wildman–Crippen MR) is 63.6 cm³/mol. The second kappa shape index (κ2) is 5.19. The van der Waals surface area contributed by atoms with Gasteiger partial charge in [0, 0.05) is 0 Å². The van der Waals surface area contributed by atoms with Crippen LogP contribution in [0.3, 0.4) is 0 Å². The van der Waals surface area contributed by atoms with Gasteiger partial charge in [-0.1, -0.05) is 11.6 Å². The van der Waals surface area contributed by atoms with Crippen LogP contribution >= 0.6 is 11.6 Å². The Kier molecular flexibility index (Phi) is 4.12. The van der Waals surface area contributed by atoms with Crippen LogP contribution in [0.15, 0.2) is 6.07 Å². The summed E-state index contributed by atoms with van der Waals surface area (Å²) in [5.41, 5.74) is 1.15. The summed E-state index contributed by atoms with van der Waals surface area (Å²) in [7, 11) is 0. The van der Waals surface area contributed by atoms with Crippen LogP contribution in [0.25, 0.3) is 0 Å². The van der Waals surface area contributed by atoms with Gasteiger partial charge in [0.25, 0.3) is 5.78 Å². The van der Waals surface area contributed by atoms with Gasteiger partial charge >= 0.3 is 5.97 Å². The van der Waals surface area contributed by atoms with Gasteiger partial charge in [0.2, 0.25) is 0 Å². The highest BCUT2D eigenvalue weighted by Crippen LogP contribution is 2.32. The number of phenolic OH excluding ortho intramolecular Hbond substituents is 1. The number of ketones is 1. The average molecular weight is 257 g/mol. The number of hydrogen-bond acceptors (Lipinski definition) is 4.